The van der Waals surface area contributed by atoms with E-state index in [1.807, 2.05) is 13.8 Å². The SMILES string of the molecule is CCNC(=O)c1cccc(NC(=O)CN2C(=O)c3ccccc3N3C(=O)CCC23C)c1. The van der Waals surface area contributed by atoms with Gasteiger partial charge in [-0.1, -0.05) is 18.2 Å². The quantitative estimate of drug-likeness (QED) is 0.776. The summed E-state index contributed by atoms with van der Waals surface area (Å²) in [4.78, 5) is 53.8. The van der Waals surface area contributed by atoms with Crippen molar-refractivity contribution in [2.24, 2.45) is 0 Å². The van der Waals surface area contributed by atoms with Crippen molar-refractivity contribution in [1.29, 1.82) is 0 Å². The molecule has 1 saturated heterocycles. The molecule has 8 heteroatoms. The molecule has 4 amide bonds. The summed E-state index contributed by atoms with van der Waals surface area (Å²) >= 11 is 0. The third-order valence-electron chi connectivity index (χ3n) is 5.79. The van der Waals surface area contributed by atoms with Gasteiger partial charge in [-0.05, 0) is 50.6 Å². The number of benzene rings is 2. The van der Waals surface area contributed by atoms with Gasteiger partial charge in [-0.3, -0.25) is 24.1 Å². The summed E-state index contributed by atoms with van der Waals surface area (Å²) in [5, 5.41) is 5.48. The normalized spacial score (nSPS) is 19.7. The fourth-order valence-electron chi connectivity index (χ4n) is 4.29. The van der Waals surface area contributed by atoms with Gasteiger partial charge in [0, 0.05) is 24.2 Å². The van der Waals surface area contributed by atoms with Crippen molar-refractivity contribution in [3.8, 4) is 0 Å². The van der Waals surface area contributed by atoms with Crippen LogP contribution in [-0.4, -0.2) is 47.3 Å². The van der Waals surface area contributed by atoms with Crippen molar-refractivity contribution >= 4 is 35.0 Å². The van der Waals surface area contributed by atoms with E-state index in [1.54, 1.807) is 53.4 Å². The Balaban J connectivity index is 1.57. The number of rotatable bonds is 5. The van der Waals surface area contributed by atoms with E-state index in [9.17, 15) is 19.2 Å². The molecule has 1 unspecified atom stereocenters. The summed E-state index contributed by atoms with van der Waals surface area (Å²) in [5.41, 5.74) is 0.984. The zero-order valence-electron chi connectivity index (χ0n) is 17.5. The fraction of sp³-hybridized carbons (Fsp3) is 0.304. The Bertz CT molecular complexity index is 1080. The summed E-state index contributed by atoms with van der Waals surface area (Å²) in [6.07, 6.45) is 0.761. The van der Waals surface area contributed by atoms with Crippen LogP contribution in [0, 0.1) is 0 Å². The maximum absolute atomic E-state index is 13.2. The lowest BCUT2D eigenvalue weighted by molar-refractivity contribution is -0.120. The van der Waals surface area contributed by atoms with E-state index >= 15 is 0 Å². The zero-order valence-corrected chi connectivity index (χ0v) is 17.5. The third kappa shape index (κ3) is 3.54. The number of hydrogen-bond acceptors (Lipinski definition) is 4. The average Bonchev–Trinajstić information content (AvgIpc) is 3.07. The lowest BCUT2D eigenvalue weighted by atomic mass is 9.98. The van der Waals surface area contributed by atoms with Gasteiger partial charge in [0.1, 0.15) is 12.2 Å². The van der Waals surface area contributed by atoms with Crippen LogP contribution in [0.5, 0.6) is 0 Å². The number of carbonyl (C=O) groups excluding carboxylic acids is 4. The number of fused-ring (bicyclic) bond motifs is 3. The molecule has 2 aliphatic heterocycles. The van der Waals surface area contributed by atoms with Crippen molar-refractivity contribution in [2.75, 3.05) is 23.3 Å². The van der Waals surface area contributed by atoms with Gasteiger partial charge in [0.2, 0.25) is 11.8 Å². The van der Waals surface area contributed by atoms with Crippen molar-refractivity contribution in [3.63, 3.8) is 0 Å². The van der Waals surface area contributed by atoms with Crippen LogP contribution in [-0.2, 0) is 9.59 Å². The molecule has 1 fully saturated rings. The number of anilines is 2. The van der Waals surface area contributed by atoms with Crippen LogP contribution in [0.4, 0.5) is 11.4 Å². The largest absolute Gasteiger partial charge is 0.352 e. The molecular weight excluding hydrogens is 396 g/mol. The molecule has 0 saturated carbocycles. The van der Waals surface area contributed by atoms with E-state index in [0.717, 1.165) is 0 Å². The highest BCUT2D eigenvalue weighted by atomic mass is 16.2. The molecule has 0 spiro atoms. The highest BCUT2D eigenvalue weighted by Crippen LogP contribution is 2.43. The molecule has 2 aliphatic rings. The molecule has 2 aromatic carbocycles. The molecule has 31 heavy (non-hydrogen) atoms. The van der Waals surface area contributed by atoms with Crippen LogP contribution in [0.3, 0.4) is 0 Å². The molecule has 0 bridgehead atoms. The second kappa shape index (κ2) is 7.86. The van der Waals surface area contributed by atoms with Gasteiger partial charge in [-0.2, -0.15) is 0 Å². The van der Waals surface area contributed by atoms with E-state index in [0.29, 0.717) is 41.9 Å². The monoisotopic (exact) mass is 420 g/mol. The summed E-state index contributed by atoms with van der Waals surface area (Å²) in [6.45, 7) is 3.93. The van der Waals surface area contributed by atoms with Crippen molar-refractivity contribution in [3.05, 3.63) is 59.7 Å². The molecule has 2 aromatic rings. The highest BCUT2D eigenvalue weighted by Gasteiger charge is 2.53. The maximum atomic E-state index is 13.2. The number of hydrogen-bond donors (Lipinski definition) is 2. The Labute approximate surface area is 180 Å². The smallest absolute Gasteiger partial charge is 0.258 e. The zero-order chi connectivity index (χ0) is 22.2. The minimum Gasteiger partial charge on any atom is -0.352 e. The highest BCUT2D eigenvalue weighted by molar-refractivity contribution is 6.11. The first kappa shape index (κ1) is 20.6. The summed E-state index contributed by atoms with van der Waals surface area (Å²) < 4.78 is 0. The molecular formula is C23H24N4O4. The summed E-state index contributed by atoms with van der Waals surface area (Å²) in [7, 11) is 0. The molecule has 0 aliphatic carbocycles. The minimum absolute atomic E-state index is 0.0671. The van der Waals surface area contributed by atoms with Gasteiger partial charge in [-0.25, -0.2) is 0 Å². The van der Waals surface area contributed by atoms with Crippen LogP contribution >= 0.6 is 0 Å². The standard InChI is InChI=1S/C23H24N4O4/c1-3-24-21(30)15-7-6-8-16(13-15)25-19(28)14-26-22(31)17-9-4-5-10-18(17)27-20(29)11-12-23(26,27)2/h4-10,13H,3,11-12,14H2,1-2H3,(H,24,30)(H,25,28). The first-order chi connectivity index (χ1) is 14.8. The number of amides is 4. The Kier molecular flexibility index (Phi) is 5.22. The lowest BCUT2D eigenvalue weighted by Gasteiger charge is -2.48. The van der Waals surface area contributed by atoms with Gasteiger partial charge in [0.25, 0.3) is 11.8 Å². The van der Waals surface area contributed by atoms with Crippen LogP contribution in [0.25, 0.3) is 0 Å². The Morgan fingerprint density at radius 3 is 2.65 bits per heavy atom. The number of para-hydroxylation sites is 1. The minimum atomic E-state index is -0.900. The maximum Gasteiger partial charge on any atom is 0.258 e. The first-order valence-electron chi connectivity index (χ1n) is 10.3. The summed E-state index contributed by atoms with van der Waals surface area (Å²) in [6, 6.07) is 13.6. The van der Waals surface area contributed by atoms with Crippen LogP contribution in [0.1, 0.15) is 47.4 Å². The van der Waals surface area contributed by atoms with Crippen molar-refractivity contribution < 1.29 is 19.2 Å². The molecule has 2 heterocycles. The molecule has 2 N–H and O–H groups in total. The topological polar surface area (TPSA) is 98.8 Å². The van der Waals surface area contributed by atoms with Crippen LogP contribution < -0.4 is 15.5 Å². The molecule has 4 rings (SSSR count). The Hall–Kier alpha value is -3.68. The third-order valence-corrected chi connectivity index (χ3v) is 5.79. The molecule has 8 nitrogen and oxygen atoms in total. The molecule has 160 valence electrons. The van der Waals surface area contributed by atoms with Gasteiger partial charge < -0.3 is 15.5 Å². The Morgan fingerprint density at radius 1 is 1.10 bits per heavy atom. The van der Waals surface area contributed by atoms with E-state index in [-0.39, 0.29) is 24.3 Å². The predicted molar refractivity (Wildman–Crippen MR) is 116 cm³/mol. The van der Waals surface area contributed by atoms with Crippen molar-refractivity contribution in [1.82, 2.24) is 10.2 Å². The molecule has 0 aromatic heterocycles. The van der Waals surface area contributed by atoms with Crippen LogP contribution in [0.2, 0.25) is 0 Å². The van der Waals surface area contributed by atoms with Gasteiger partial charge in [0.15, 0.2) is 0 Å². The lowest BCUT2D eigenvalue weighted by Crippen LogP contribution is -2.63. The molecule has 1 atom stereocenters. The van der Waals surface area contributed by atoms with Gasteiger partial charge in [-0.15, -0.1) is 0 Å². The second-order valence-corrected chi connectivity index (χ2v) is 7.84. The van der Waals surface area contributed by atoms with Crippen LogP contribution in [0.15, 0.2) is 48.5 Å². The van der Waals surface area contributed by atoms with E-state index < -0.39 is 11.6 Å². The van der Waals surface area contributed by atoms with E-state index in [4.69, 9.17) is 0 Å². The summed E-state index contributed by atoms with van der Waals surface area (Å²) in [5.74, 6) is -0.979. The first-order valence-corrected chi connectivity index (χ1v) is 10.3. The van der Waals surface area contributed by atoms with Crippen molar-refractivity contribution in [2.45, 2.75) is 32.4 Å². The number of nitrogens with zero attached hydrogens (tertiary/aromatic N) is 2. The van der Waals surface area contributed by atoms with Gasteiger partial charge >= 0.3 is 0 Å². The van der Waals surface area contributed by atoms with E-state index in [2.05, 4.69) is 10.6 Å². The van der Waals surface area contributed by atoms with Gasteiger partial charge in [0.05, 0.1) is 11.3 Å². The predicted octanol–water partition coefficient (Wildman–Crippen LogP) is 2.37. The average molecular weight is 420 g/mol. The molecule has 0 radical (unpaired) electrons. The number of carbonyl (C=O) groups is 4. The Morgan fingerprint density at radius 2 is 1.87 bits per heavy atom. The fourth-order valence-corrected chi connectivity index (χ4v) is 4.29. The van der Waals surface area contributed by atoms with E-state index in [1.165, 1.54) is 4.90 Å². The second-order valence-electron chi connectivity index (χ2n) is 7.84. The number of nitrogens with one attached hydrogen (secondary N) is 2.